The Morgan fingerprint density at radius 2 is 1.70 bits per heavy atom. The summed E-state index contributed by atoms with van der Waals surface area (Å²) in [5.41, 5.74) is 7.59. The van der Waals surface area contributed by atoms with Crippen LogP contribution in [-0.4, -0.2) is 20.2 Å². The SMILES string of the molecule is CC(C)Oc1ccc(/N=c2\nc(N)n(C(C)C)c(=O)n2Cc2ccc(Cl)cc2)cc1. The van der Waals surface area contributed by atoms with Crippen LogP contribution in [-0.2, 0) is 6.54 Å². The van der Waals surface area contributed by atoms with E-state index in [1.807, 2.05) is 64.1 Å². The molecule has 0 fully saturated rings. The predicted octanol–water partition coefficient (Wildman–Crippen LogP) is 3.93. The third kappa shape index (κ3) is 5.10. The molecule has 0 aliphatic carbocycles. The van der Waals surface area contributed by atoms with Gasteiger partial charge in [-0.3, -0.25) is 9.13 Å². The monoisotopic (exact) mass is 427 g/mol. The normalized spacial score (nSPS) is 12.0. The molecule has 0 spiro atoms. The van der Waals surface area contributed by atoms with E-state index in [4.69, 9.17) is 22.1 Å². The molecule has 0 aliphatic heterocycles. The summed E-state index contributed by atoms with van der Waals surface area (Å²) in [5.74, 6) is 0.876. The Balaban J connectivity index is 2.11. The minimum Gasteiger partial charge on any atom is -0.491 e. The number of ether oxygens (including phenoxy) is 1. The van der Waals surface area contributed by atoms with Gasteiger partial charge in [-0.2, -0.15) is 4.98 Å². The van der Waals surface area contributed by atoms with Crippen LogP contribution in [0.3, 0.4) is 0 Å². The highest BCUT2D eigenvalue weighted by atomic mass is 35.5. The molecule has 0 atom stereocenters. The highest BCUT2D eigenvalue weighted by molar-refractivity contribution is 6.30. The second kappa shape index (κ2) is 9.17. The van der Waals surface area contributed by atoms with Crippen molar-refractivity contribution in [3.8, 4) is 5.75 Å². The maximum absolute atomic E-state index is 13.2. The molecule has 3 aromatic rings. The Labute approximate surface area is 180 Å². The van der Waals surface area contributed by atoms with E-state index in [1.165, 1.54) is 9.13 Å². The van der Waals surface area contributed by atoms with Crippen LogP contribution in [0.4, 0.5) is 11.6 Å². The first kappa shape index (κ1) is 21.6. The van der Waals surface area contributed by atoms with Crippen LogP contribution >= 0.6 is 11.6 Å². The molecule has 3 rings (SSSR count). The maximum atomic E-state index is 13.2. The molecule has 0 saturated heterocycles. The maximum Gasteiger partial charge on any atom is 0.334 e. The van der Waals surface area contributed by atoms with Gasteiger partial charge < -0.3 is 10.5 Å². The van der Waals surface area contributed by atoms with Gasteiger partial charge in [0.05, 0.1) is 18.3 Å². The topological polar surface area (TPSA) is 87.4 Å². The zero-order valence-electron chi connectivity index (χ0n) is 17.5. The van der Waals surface area contributed by atoms with Crippen LogP contribution in [0.25, 0.3) is 0 Å². The number of nitrogens with two attached hydrogens (primary N) is 1. The summed E-state index contributed by atoms with van der Waals surface area (Å²) < 4.78 is 8.63. The lowest BCUT2D eigenvalue weighted by Gasteiger charge is -2.16. The molecule has 0 saturated carbocycles. The molecular formula is C22H26ClN5O2. The number of benzene rings is 2. The van der Waals surface area contributed by atoms with E-state index in [0.717, 1.165) is 11.3 Å². The van der Waals surface area contributed by atoms with Crippen molar-refractivity contribution in [1.82, 2.24) is 14.1 Å². The first-order valence-electron chi connectivity index (χ1n) is 9.79. The van der Waals surface area contributed by atoms with Crippen LogP contribution in [0.5, 0.6) is 5.75 Å². The largest absolute Gasteiger partial charge is 0.491 e. The standard InChI is InChI=1S/C22H26ClN5O2/c1-14(2)28-20(24)26-21(25-18-9-11-19(12-10-18)30-15(3)4)27(22(28)29)13-16-5-7-17(23)8-6-16/h5-12,14-15H,13H2,1-4H3,(H2,24,25,26). The van der Waals surface area contributed by atoms with E-state index in [1.54, 1.807) is 12.1 Å². The van der Waals surface area contributed by atoms with Crippen molar-refractivity contribution in [2.45, 2.75) is 46.4 Å². The molecule has 0 aliphatic rings. The summed E-state index contributed by atoms with van der Waals surface area (Å²) in [7, 11) is 0. The summed E-state index contributed by atoms with van der Waals surface area (Å²) >= 11 is 5.99. The summed E-state index contributed by atoms with van der Waals surface area (Å²) in [4.78, 5) is 22.2. The summed E-state index contributed by atoms with van der Waals surface area (Å²) in [6.45, 7) is 8.00. The number of hydrogen-bond acceptors (Lipinski definition) is 5. The molecule has 30 heavy (non-hydrogen) atoms. The second-order valence-corrected chi connectivity index (χ2v) is 7.94. The average Bonchev–Trinajstić information content (AvgIpc) is 2.67. The van der Waals surface area contributed by atoms with E-state index >= 15 is 0 Å². The Bertz CT molecular complexity index is 1130. The average molecular weight is 428 g/mol. The zero-order valence-corrected chi connectivity index (χ0v) is 18.3. The van der Waals surface area contributed by atoms with E-state index in [0.29, 0.717) is 17.3 Å². The number of halogens is 1. The quantitative estimate of drug-likeness (QED) is 0.645. The lowest BCUT2D eigenvalue weighted by molar-refractivity contribution is 0.242. The van der Waals surface area contributed by atoms with Crippen molar-refractivity contribution in [3.05, 3.63) is 75.2 Å². The molecule has 8 heteroatoms. The Hall–Kier alpha value is -3.06. The molecule has 7 nitrogen and oxygen atoms in total. The molecule has 0 unspecified atom stereocenters. The molecular weight excluding hydrogens is 402 g/mol. The number of rotatable bonds is 6. The number of aromatic nitrogens is 3. The first-order chi connectivity index (χ1) is 14.2. The van der Waals surface area contributed by atoms with Gasteiger partial charge in [0.25, 0.3) is 0 Å². The van der Waals surface area contributed by atoms with Gasteiger partial charge in [0.2, 0.25) is 11.6 Å². The van der Waals surface area contributed by atoms with Crippen molar-refractivity contribution in [2.75, 3.05) is 5.73 Å². The van der Waals surface area contributed by atoms with Gasteiger partial charge in [0, 0.05) is 11.1 Å². The first-order valence-corrected chi connectivity index (χ1v) is 10.2. The molecule has 1 heterocycles. The van der Waals surface area contributed by atoms with Crippen LogP contribution in [0.1, 0.15) is 39.3 Å². The lowest BCUT2D eigenvalue weighted by Crippen LogP contribution is -2.44. The van der Waals surface area contributed by atoms with Crippen molar-refractivity contribution < 1.29 is 4.74 Å². The summed E-state index contributed by atoms with van der Waals surface area (Å²) in [5, 5.41) is 0.632. The third-order valence-corrected chi connectivity index (χ3v) is 4.60. The second-order valence-electron chi connectivity index (χ2n) is 7.50. The van der Waals surface area contributed by atoms with Crippen LogP contribution < -0.4 is 21.8 Å². The number of hydrogen-bond donors (Lipinski definition) is 1. The van der Waals surface area contributed by atoms with Gasteiger partial charge in [-0.15, -0.1) is 0 Å². The van der Waals surface area contributed by atoms with Crippen LogP contribution in [0, 0.1) is 0 Å². The molecule has 0 radical (unpaired) electrons. The summed E-state index contributed by atoms with van der Waals surface area (Å²) in [6, 6.07) is 14.5. The van der Waals surface area contributed by atoms with Crippen LogP contribution in [0.15, 0.2) is 58.3 Å². The Morgan fingerprint density at radius 1 is 1.07 bits per heavy atom. The van der Waals surface area contributed by atoms with E-state index < -0.39 is 0 Å². The molecule has 2 aromatic carbocycles. The number of nitrogen functional groups attached to an aromatic ring is 1. The fourth-order valence-electron chi connectivity index (χ4n) is 3.00. The molecule has 1 aromatic heterocycles. The van der Waals surface area contributed by atoms with Gasteiger partial charge in [-0.05, 0) is 69.7 Å². The predicted molar refractivity (Wildman–Crippen MR) is 119 cm³/mol. The van der Waals surface area contributed by atoms with Crippen LogP contribution in [0.2, 0.25) is 5.02 Å². The number of anilines is 1. The summed E-state index contributed by atoms with van der Waals surface area (Å²) in [6.07, 6.45) is 0.0828. The van der Waals surface area contributed by atoms with Gasteiger partial charge in [0.1, 0.15) is 5.75 Å². The molecule has 158 valence electrons. The van der Waals surface area contributed by atoms with E-state index in [2.05, 4.69) is 9.98 Å². The van der Waals surface area contributed by atoms with Crippen molar-refractivity contribution in [1.29, 1.82) is 0 Å². The van der Waals surface area contributed by atoms with E-state index in [-0.39, 0.29) is 29.4 Å². The van der Waals surface area contributed by atoms with Gasteiger partial charge in [0.15, 0.2) is 0 Å². The van der Waals surface area contributed by atoms with Crippen molar-refractivity contribution in [3.63, 3.8) is 0 Å². The fourth-order valence-corrected chi connectivity index (χ4v) is 3.12. The molecule has 0 bridgehead atoms. The lowest BCUT2D eigenvalue weighted by atomic mass is 10.2. The highest BCUT2D eigenvalue weighted by Crippen LogP contribution is 2.18. The number of nitrogens with zero attached hydrogens (tertiary/aromatic N) is 4. The van der Waals surface area contributed by atoms with Gasteiger partial charge in [-0.1, -0.05) is 23.7 Å². The van der Waals surface area contributed by atoms with Crippen molar-refractivity contribution in [2.24, 2.45) is 4.99 Å². The Morgan fingerprint density at radius 3 is 2.27 bits per heavy atom. The Kier molecular flexibility index (Phi) is 6.62. The highest BCUT2D eigenvalue weighted by Gasteiger charge is 2.13. The van der Waals surface area contributed by atoms with Gasteiger partial charge >= 0.3 is 5.69 Å². The molecule has 2 N–H and O–H groups in total. The van der Waals surface area contributed by atoms with Gasteiger partial charge in [-0.25, -0.2) is 9.79 Å². The minimum atomic E-state index is -0.272. The third-order valence-electron chi connectivity index (χ3n) is 4.35. The van der Waals surface area contributed by atoms with E-state index in [9.17, 15) is 4.79 Å². The fraction of sp³-hybridized carbons (Fsp3) is 0.318. The van der Waals surface area contributed by atoms with Crippen molar-refractivity contribution >= 4 is 23.2 Å². The zero-order chi connectivity index (χ0) is 21.8. The minimum absolute atomic E-state index is 0.0828. The molecule has 0 amide bonds. The smallest absolute Gasteiger partial charge is 0.334 e.